The van der Waals surface area contributed by atoms with Crippen molar-refractivity contribution in [1.29, 1.82) is 0 Å². The van der Waals surface area contributed by atoms with Crippen LogP contribution in [0.2, 0.25) is 0 Å². The molecule has 0 aromatic carbocycles. The second-order valence-corrected chi connectivity index (χ2v) is 3.86. The Balaban J connectivity index is 1.91. The molecule has 0 radical (unpaired) electrons. The van der Waals surface area contributed by atoms with Crippen LogP contribution in [0.4, 0.5) is 0 Å². The second kappa shape index (κ2) is 6.75. The van der Waals surface area contributed by atoms with E-state index in [0.29, 0.717) is 0 Å². The monoisotopic (exact) mass is 188 g/mol. The van der Waals surface area contributed by atoms with Gasteiger partial charge in [0.05, 0.1) is 0 Å². The summed E-state index contributed by atoms with van der Waals surface area (Å²) in [5.41, 5.74) is 0. The first kappa shape index (κ1) is 10.4. The molecule has 12 heavy (non-hydrogen) atoms. The molecule has 3 heteroatoms. The molecule has 0 spiro atoms. The molecule has 1 heterocycles. The summed E-state index contributed by atoms with van der Waals surface area (Å²) in [4.78, 5) is 0. The quantitative estimate of drug-likeness (QED) is 0.443. The Morgan fingerprint density at radius 3 is 2.92 bits per heavy atom. The fourth-order valence-electron chi connectivity index (χ4n) is 1.65. The summed E-state index contributed by atoms with van der Waals surface area (Å²) in [7, 11) is 0. The van der Waals surface area contributed by atoms with Crippen molar-refractivity contribution in [3.63, 3.8) is 0 Å². The van der Waals surface area contributed by atoms with Crippen LogP contribution in [-0.4, -0.2) is 31.4 Å². The van der Waals surface area contributed by atoms with Crippen LogP contribution in [0.25, 0.3) is 0 Å². The Morgan fingerprint density at radius 1 is 1.33 bits per heavy atom. The van der Waals surface area contributed by atoms with Gasteiger partial charge in [-0.1, -0.05) is 6.42 Å². The first-order chi connectivity index (χ1) is 5.93. The number of thiol groups is 1. The average Bonchev–Trinajstić information content (AvgIpc) is 2.14. The van der Waals surface area contributed by atoms with Crippen molar-refractivity contribution in [1.82, 2.24) is 10.6 Å². The van der Waals surface area contributed by atoms with Crippen LogP contribution in [0.15, 0.2) is 0 Å². The Hall–Kier alpha value is 0.270. The molecule has 0 amide bonds. The van der Waals surface area contributed by atoms with Gasteiger partial charge in [-0.15, -0.1) is 0 Å². The molecular weight excluding hydrogens is 168 g/mol. The third-order valence-electron chi connectivity index (χ3n) is 2.37. The van der Waals surface area contributed by atoms with Crippen molar-refractivity contribution in [2.75, 3.05) is 25.4 Å². The van der Waals surface area contributed by atoms with Crippen LogP contribution < -0.4 is 10.6 Å². The molecule has 0 aromatic rings. The van der Waals surface area contributed by atoms with Gasteiger partial charge in [-0.2, -0.15) is 12.6 Å². The van der Waals surface area contributed by atoms with Crippen molar-refractivity contribution in [2.24, 2.45) is 0 Å². The van der Waals surface area contributed by atoms with Gasteiger partial charge >= 0.3 is 0 Å². The molecule has 2 N–H and O–H groups in total. The smallest absolute Gasteiger partial charge is 0.00791 e. The summed E-state index contributed by atoms with van der Waals surface area (Å²) in [5.74, 6) is 0.943. The zero-order valence-electron chi connectivity index (χ0n) is 7.68. The summed E-state index contributed by atoms with van der Waals surface area (Å²) in [6.07, 6.45) is 5.40. The minimum Gasteiger partial charge on any atom is -0.316 e. The number of rotatable bonds is 5. The summed E-state index contributed by atoms with van der Waals surface area (Å²) >= 11 is 4.14. The minimum absolute atomic E-state index is 0.770. The van der Waals surface area contributed by atoms with E-state index in [1.807, 2.05) is 0 Å². The molecule has 1 aliphatic heterocycles. The Bertz CT molecular complexity index is 103. The van der Waals surface area contributed by atoms with E-state index < -0.39 is 0 Å². The zero-order chi connectivity index (χ0) is 8.65. The average molecular weight is 188 g/mol. The largest absolute Gasteiger partial charge is 0.316 e. The topological polar surface area (TPSA) is 24.1 Å². The first-order valence-corrected chi connectivity index (χ1v) is 5.61. The van der Waals surface area contributed by atoms with Gasteiger partial charge < -0.3 is 10.6 Å². The maximum atomic E-state index is 4.14. The van der Waals surface area contributed by atoms with E-state index in [1.54, 1.807) is 0 Å². The maximum absolute atomic E-state index is 4.14. The highest BCUT2D eigenvalue weighted by Gasteiger charge is 2.10. The van der Waals surface area contributed by atoms with Gasteiger partial charge in [0.25, 0.3) is 0 Å². The lowest BCUT2D eigenvalue weighted by molar-refractivity contribution is 0.378. The SMILES string of the molecule is SCCNCCC1CCCCN1. The van der Waals surface area contributed by atoms with Gasteiger partial charge in [-0.25, -0.2) is 0 Å². The molecule has 1 rings (SSSR count). The fraction of sp³-hybridized carbons (Fsp3) is 1.00. The lowest BCUT2D eigenvalue weighted by Crippen LogP contribution is -2.36. The molecule has 0 aromatic heterocycles. The standard InChI is InChI=1S/C9H20N2S/c12-8-7-10-6-4-9-3-1-2-5-11-9/h9-12H,1-8H2. The Kier molecular flexibility index (Phi) is 5.82. The van der Waals surface area contributed by atoms with Crippen LogP contribution in [0.1, 0.15) is 25.7 Å². The molecule has 0 aliphatic carbocycles. The minimum atomic E-state index is 0.770. The Morgan fingerprint density at radius 2 is 2.25 bits per heavy atom. The third-order valence-corrected chi connectivity index (χ3v) is 2.59. The molecular formula is C9H20N2S. The van der Waals surface area contributed by atoms with Crippen LogP contribution in [0.5, 0.6) is 0 Å². The highest BCUT2D eigenvalue weighted by atomic mass is 32.1. The van der Waals surface area contributed by atoms with Gasteiger partial charge in [-0.05, 0) is 32.4 Å². The summed E-state index contributed by atoms with van der Waals surface area (Å²) in [5, 5.41) is 6.90. The highest BCUT2D eigenvalue weighted by Crippen LogP contribution is 2.08. The van der Waals surface area contributed by atoms with Gasteiger partial charge in [0, 0.05) is 18.3 Å². The highest BCUT2D eigenvalue weighted by molar-refractivity contribution is 7.80. The lowest BCUT2D eigenvalue weighted by Gasteiger charge is -2.23. The lowest BCUT2D eigenvalue weighted by atomic mass is 10.0. The molecule has 1 fully saturated rings. The van der Waals surface area contributed by atoms with Gasteiger partial charge in [0.1, 0.15) is 0 Å². The molecule has 2 nitrogen and oxygen atoms in total. The molecule has 0 bridgehead atoms. The Labute approximate surface area is 80.9 Å². The van der Waals surface area contributed by atoms with E-state index in [-0.39, 0.29) is 0 Å². The van der Waals surface area contributed by atoms with Crippen molar-refractivity contribution >= 4 is 12.6 Å². The zero-order valence-corrected chi connectivity index (χ0v) is 8.58. The van der Waals surface area contributed by atoms with Crippen molar-refractivity contribution < 1.29 is 0 Å². The van der Waals surface area contributed by atoms with Gasteiger partial charge in [0.2, 0.25) is 0 Å². The number of piperidine rings is 1. The predicted octanol–water partition coefficient (Wildman–Crippen LogP) is 1.04. The first-order valence-electron chi connectivity index (χ1n) is 4.98. The van der Waals surface area contributed by atoms with E-state index >= 15 is 0 Å². The van der Waals surface area contributed by atoms with E-state index in [2.05, 4.69) is 23.3 Å². The van der Waals surface area contributed by atoms with Crippen LogP contribution in [-0.2, 0) is 0 Å². The summed E-state index contributed by atoms with van der Waals surface area (Å²) in [6.45, 7) is 3.39. The molecule has 1 aliphatic rings. The number of hydrogen-bond acceptors (Lipinski definition) is 3. The van der Waals surface area contributed by atoms with Crippen LogP contribution in [0.3, 0.4) is 0 Å². The maximum Gasteiger partial charge on any atom is 0.00791 e. The molecule has 1 saturated heterocycles. The van der Waals surface area contributed by atoms with Gasteiger partial charge in [-0.3, -0.25) is 0 Å². The number of hydrogen-bond donors (Lipinski definition) is 3. The summed E-state index contributed by atoms with van der Waals surface area (Å²) < 4.78 is 0. The second-order valence-electron chi connectivity index (χ2n) is 3.41. The predicted molar refractivity (Wildman–Crippen MR) is 57.0 cm³/mol. The molecule has 1 unspecified atom stereocenters. The molecule has 0 saturated carbocycles. The van der Waals surface area contributed by atoms with E-state index in [0.717, 1.165) is 24.9 Å². The van der Waals surface area contributed by atoms with Crippen molar-refractivity contribution in [3.8, 4) is 0 Å². The third kappa shape index (κ3) is 4.33. The van der Waals surface area contributed by atoms with Crippen molar-refractivity contribution in [3.05, 3.63) is 0 Å². The van der Waals surface area contributed by atoms with Crippen molar-refractivity contribution in [2.45, 2.75) is 31.7 Å². The summed E-state index contributed by atoms with van der Waals surface area (Å²) in [6, 6.07) is 0.770. The van der Waals surface area contributed by atoms with Crippen LogP contribution >= 0.6 is 12.6 Å². The van der Waals surface area contributed by atoms with E-state index in [9.17, 15) is 0 Å². The van der Waals surface area contributed by atoms with Crippen LogP contribution in [0, 0.1) is 0 Å². The molecule has 1 atom stereocenters. The normalized spacial score (nSPS) is 24.2. The number of nitrogens with one attached hydrogen (secondary N) is 2. The van der Waals surface area contributed by atoms with E-state index in [4.69, 9.17) is 0 Å². The molecule has 72 valence electrons. The van der Waals surface area contributed by atoms with E-state index in [1.165, 1.54) is 32.2 Å². The fourth-order valence-corrected chi connectivity index (χ4v) is 1.81. The van der Waals surface area contributed by atoms with Gasteiger partial charge in [0.15, 0.2) is 0 Å².